The maximum absolute atomic E-state index is 13.9. The molecule has 0 aromatic heterocycles. The summed E-state index contributed by atoms with van der Waals surface area (Å²) in [6.07, 6.45) is 6.56. The van der Waals surface area contributed by atoms with E-state index in [1.165, 1.54) is 0 Å². The van der Waals surface area contributed by atoms with Crippen molar-refractivity contribution in [1.82, 2.24) is 10.4 Å². The Morgan fingerprint density at radius 3 is 2.83 bits per heavy atom. The molecule has 1 atom stereocenters. The monoisotopic (exact) mass is 322 g/mol. The van der Waals surface area contributed by atoms with Gasteiger partial charge in [0.1, 0.15) is 5.82 Å². The van der Waals surface area contributed by atoms with Gasteiger partial charge in [-0.2, -0.15) is 0 Å². The van der Waals surface area contributed by atoms with Gasteiger partial charge in [0.2, 0.25) is 5.91 Å². The molecule has 128 valence electrons. The van der Waals surface area contributed by atoms with Gasteiger partial charge in [-0.25, -0.2) is 9.87 Å². The number of benzene rings is 1. The minimum atomic E-state index is -0.311. The zero-order valence-electron chi connectivity index (χ0n) is 13.6. The number of halogens is 1. The fraction of sp³-hybridized carbons (Fsp3) is 0.611. The number of rotatable bonds is 8. The maximum atomic E-state index is 13.9. The molecule has 1 heterocycles. The summed E-state index contributed by atoms with van der Waals surface area (Å²) in [6.45, 7) is 3.07. The molecule has 1 aromatic carbocycles. The van der Waals surface area contributed by atoms with Crippen LogP contribution < -0.4 is 5.48 Å². The van der Waals surface area contributed by atoms with Gasteiger partial charge in [-0.3, -0.25) is 10.0 Å². The predicted molar refractivity (Wildman–Crippen MR) is 87.8 cm³/mol. The van der Waals surface area contributed by atoms with Crippen molar-refractivity contribution in [3.8, 4) is 0 Å². The van der Waals surface area contributed by atoms with Crippen LogP contribution in [0.2, 0.25) is 0 Å². The van der Waals surface area contributed by atoms with Crippen LogP contribution in [0.1, 0.15) is 56.4 Å². The first-order valence-corrected chi connectivity index (χ1v) is 8.60. The van der Waals surface area contributed by atoms with Gasteiger partial charge in [-0.1, -0.05) is 31.0 Å². The van der Waals surface area contributed by atoms with E-state index in [4.69, 9.17) is 5.21 Å². The topological polar surface area (TPSA) is 52.6 Å². The Hall–Kier alpha value is -1.46. The van der Waals surface area contributed by atoms with Crippen LogP contribution in [-0.2, 0) is 4.79 Å². The molecule has 0 saturated carbocycles. The molecule has 0 spiro atoms. The number of nitrogens with zero attached hydrogens (tertiary/aromatic N) is 1. The van der Waals surface area contributed by atoms with E-state index >= 15 is 0 Å². The molecule has 1 aliphatic rings. The molecule has 1 fully saturated rings. The SMILES string of the molecule is O=C(CCCCCCN1CCCC(c2ccccc2F)C1)NO. The molecular weight excluding hydrogens is 295 g/mol. The second-order valence-corrected chi connectivity index (χ2v) is 6.36. The van der Waals surface area contributed by atoms with Crippen molar-refractivity contribution in [3.05, 3.63) is 35.6 Å². The molecule has 2 N–H and O–H groups in total. The molecule has 5 heteroatoms. The number of piperidine rings is 1. The highest BCUT2D eigenvalue weighted by Crippen LogP contribution is 2.28. The molecule has 0 radical (unpaired) electrons. The number of hydrogen-bond donors (Lipinski definition) is 2. The van der Waals surface area contributed by atoms with Gasteiger partial charge in [0.05, 0.1) is 0 Å². The number of carbonyl (C=O) groups is 1. The van der Waals surface area contributed by atoms with Crippen LogP contribution in [0.15, 0.2) is 24.3 Å². The van der Waals surface area contributed by atoms with Crippen LogP contribution >= 0.6 is 0 Å². The van der Waals surface area contributed by atoms with Crippen molar-refractivity contribution < 1.29 is 14.4 Å². The predicted octanol–water partition coefficient (Wildman–Crippen LogP) is 3.46. The third-order valence-electron chi connectivity index (χ3n) is 4.60. The second-order valence-electron chi connectivity index (χ2n) is 6.36. The number of nitrogens with one attached hydrogen (secondary N) is 1. The molecule has 4 nitrogen and oxygen atoms in total. The lowest BCUT2D eigenvalue weighted by Crippen LogP contribution is -2.35. The largest absolute Gasteiger partial charge is 0.303 e. The number of hydroxylamine groups is 1. The third kappa shape index (κ3) is 5.92. The highest BCUT2D eigenvalue weighted by atomic mass is 19.1. The average molecular weight is 322 g/mol. The van der Waals surface area contributed by atoms with E-state index in [1.807, 2.05) is 12.1 Å². The van der Waals surface area contributed by atoms with E-state index in [0.717, 1.165) is 63.7 Å². The van der Waals surface area contributed by atoms with Crippen molar-refractivity contribution in [2.24, 2.45) is 0 Å². The van der Waals surface area contributed by atoms with E-state index in [0.29, 0.717) is 12.3 Å². The van der Waals surface area contributed by atoms with Gasteiger partial charge < -0.3 is 4.90 Å². The summed E-state index contributed by atoms with van der Waals surface area (Å²) in [7, 11) is 0. The van der Waals surface area contributed by atoms with Gasteiger partial charge in [0, 0.05) is 13.0 Å². The number of hydrogen-bond acceptors (Lipinski definition) is 3. The van der Waals surface area contributed by atoms with Gasteiger partial charge in [0.25, 0.3) is 0 Å². The van der Waals surface area contributed by atoms with E-state index in [1.54, 1.807) is 17.6 Å². The highest BCUT2D eigenvalue weighted by Gasteiger charge is 2.22. The van der Waals surface area contributed by atoms with E-state index in [-0.39, 0.29) is 11.7 Å². The number of unbranched alkanes of at least 4 members (excludes halogenated alkanes) is 3. The Bertz CT molecular complexity index is 496. The molecule has 2 rings (SSSR count). The first kappa shape index (κ1) is 17.9. The number of likely N-dealkylation sites (tertiary alicyclic amines) is 1. The summed E-state index contributed by atoms with van der Waals surface area (Å²) in [5, 5.41) is 8.41. The highest BCUT2D eigenvalue weighted by molar-refractivity contribution is 5.74. The van der Waals surface area contributed by atoms with E-state index < -0.39 is 0 Å². The Morgan fingerprint density at radius 2 is 2.04 bits per heavy atom. The zero-order chi connectivity index (χ0) is 16.5. The van der Waals surface area contributed by atoms with Crippen molar-refractivity contribution in [3.63, 3.8) is 0 Å². The standard InChI is InChI=1S/C18H27FN2O2/c19-17-10-5-4-9-16(17)15-8-7-13-21(14-15)12-6-2-1-3-11-18(22)20-23/h4-5,9-10,15,23H,1-3,6-8,11-14H2,(H,20,22). The van der Waals surface area contributed by atoms with Crippen molar-refractivity contribution >= 4 is 5.91 Å². The van der Waals surface area contributed by atoms with Gasteiger partial charge in [-0.05, 0) is 56.3 Å². The first-order valence-electron chi connectivity index (χ1n) is 8.60. The minimum Gasteiger partial charge on any atom is -0.303 e. The Kier molecular flexibility index (Phi) is 7.49. The molecule has 1 aliphatic heterocycles. The lowest BCUT2D eigenvalue weighted by molar-refractivity contribution is -0.129. The molecule has 1 unspecified atom stereocenters. The van der Waals surface area contributed by atoms with Crippen LogP contribution in [0.25, 0.3) is 0 Å². The van der Waals surface area contributed by atoms with Crippen molar-refractivity contribution in [2.75, 3.05) is 19.6 Å². The van der Waals surface area contributed by atoms with Gasteiger partial charge in [-0.15, -0.1) is 0 Å². The molecule has 1 aromatic rings. The van der Waals surface area contributed by atoms with E-state index in [2.05, 4.69) is 4.90 Å². The average Bonchev–Trinajstić information content (AvgIpc) is 2.58. The van der Waals surface area contributed by atoms with Crippen LogP contribution in [0, 0.1) is 5.82 Å². The molecule has 23 heavy (non-hydrogen) atoms. The normalized spacial score (nSPS) is 18.8. The minimum absolute atomic E-state index is 0.0819. The fourth-order valence-electron chi connectivity index (χ4n) is 3.35. The van der Waals surface area contributed by atoms with Crippen molar-refractivity contribution in [1.29, 1.82) is 0 Å². The lowest BCUT2D eigenvalue weighted by atomic mass is 9.90. The summed E-state index contributed by atoms with van der Waals surface area (Å²) < 4.78 is 13.9. The smallest absolute Gasteiger partial charge is 0.243 e. The van der Waals surface area contributed by atoms with Crippen LogP contribution in [-0.4, -0.2) is 35.6 Å². The van der Waals surface area contributed by atoms with Crippen LogP contribution in [0.5, 0.6) is 0 Å². The Morgan fingerprint density at radius 1 is 1.26 bits per heavy atom. The fourth-order valence-corrected chi connectivity index (χ4v) is 3.35. The third-order valence-corrected chi connectivity index (χ3v) is 4.60. The van der Waals surface area contributed by atoms with Crippen LogP contribution in [0.4, 0.5) is 4.39 Å². The second kappa shape index (κ2) is 9.63. The summed E-state index contributed by atoms with van der Waals surface area (Å²) >= 11 is 0. The molecule has 0 aliphatic carbocycles. The first-order chi connectivity index (χ1) is 11.2. The molecular formula is C18H27FN2O2. The zero-order valence-corrected chi connectivity index (χ0v) is 13.6. The molecule has 1 saturated heterocycles. The molecule has 1 amide bonds. The summed E-state index contributed by atoms with van der Waals surface area (Å²) in [4.78, 5) is 13.3. The van der Waals surface area contributed by atoms with Crippen LogP contribution in [0.3, 0.4) is 0 Å². The van der Waals surface area contributed by atoms with Gasteiger partial charge in [0.15, 0.2) is 0 Å². The van der Waals surface area contributed by atoms with Gasteiger partial charge >= 0.3 is 0 Å². The number of carbonyl (C=O) groups excluding carboxylic acids is 1. The quantitative estimate of drug-likeness (QED) is 0.438. The maximum Gasteiger partial charge on any atom is 0.243 e. The lowest BCUT2D eigenvalue weighted by Gasteiger charge is -2.33. The van der Waals surface area contributed by atoms with E-state index in [9.17, 15) is 9.18 Å². The Balaban J connectivity index is 1.67. The van der Waals surface area contributed by atoms with Crippen molar-refractivity contribution in [2.45, 2.75) is 50.9 Å². The summed E-state index contributed by atoms with van der Waals surface area (Å²) in [6, 6.07) is 7.13. The summed E-state index contributed by atoms with van der Waals surface area (Å²) in [5.74, 6) is -0.0894. The number of amides is 1. The molecule has 0 bridgehead atoms. The summed E-state index contributed by atoms with van der Waals surface area (Å²) in [5.41, 5.74) is 2.51. The Labute approximate surface area is 137 Å².